The van der Waals surface area contributed by atoms with Gasteiger partial charge in [-0.05, 0) is 6.42 Å². The molecule has 0 aliphatic rings. The summed E-state index contributed by atoms with van der Waals surface area (Å²) in [4.78, 5) is 21.6. The van der Waals surface area contributed by atoms with E-state index in [-0.39, 0.29) is 13.0 Å². The Balaban J connectivity index is 3.30. The zero-order valence-electron chi connectivity index (χ0n) is 14.7. The van der Waals surface area contributed by atoms with E-state index in [1.165, 1.54) is 57.8 Å². The zero-order chi connectivity index (χ0) is 17.3. The number of carboxylic acids is 1. The quantitative estimate of drug-likeness (QED) is 0.377. The predicted molar refractivity (Wildman–Crippen MR) is 92.3 cm³/mol. The van der Waals surface area contributed by atoms with Gasteiger partial charge in [-0.25, -0.2) is 0 Å². The number of aliphatic carboxylic acids is 1. The average molecular weight is 329 g/mol. The van der Waals surface area contributed by atoms with Gasteiger partial charge in [0.1, 0.15) is 6.54 Å². The number of amides is 1. The lowest BCUT2D eigenvalue weighted by atomic mass is 10.0. The van der Waals surface area contributed by atoms with Crippen molar-refractivity contribution in [2.45, 2.75) is 96.5 Å². The van der Waals surface area contributed by atoms with Crippen molar-refractivity contribution in [1.29, 1.82) is 0 Å². The molecular weight excluding hydrogens is 294 g/mol. The van der Waals surface area contributed by atoms with Crippen molar-refractivity contribution in [3.05, 3.63) is 0 Å². The Labute approximate surface area is 140 Å². The maximum absolute atomic E-state index is 11.3. The molecule has 0 radical (unpaired) electrons. The van der Waals surface area contributed by atoms with E-state index in [2.05, 4.69) is 12.2 Å². The van der Waals surface area contributed by atoms with Gasteiger partial charge in [0, 0.05) is 0 Å². The summed E-state index contributed by atoms with van der Waals surface area (Å²) in [5, 5.41) is 20.4. The van der Waals surface area contributed by atoms with Crippen molar-refractivity contribution in [1.82, 2.24) is 5.32 Å². The Morgan fingerprint density at radius 1 is 0.870 bits per heavy atom. The summed E-state index contributed by atoms with van der Waals surface area (Å²) in [5.74, 6) is -1.47. The highest BCUT2D eigenvalue weighted by Gasteiger charge is 2.11. The van der Waals surface area contributed by atoms with Gasteiger partial charge in [-0.15, -0.1) is 0 Å². The SMILES string of the molecule is CCCCCCCCCCCCC[C@H](O)CC(=O)NCC(=O)O. The summed E-state index contributed by atoms with van der Waals surface area (Å²) in [5.41, 5.74) is 0. The van der Waals surface area contributed by atoms with Crippen molar-refractivity contribution in [2.24, 2.45) is 0 Å². The minimum Gasteiger partial charge on any atom is -0.480 e. The van der Waals surface area contributed by atoms with Crippen molar-refractivity contribution in [3.8, 4) is 0 Å². The molecule has 0 fully saturated rings. The minimum absolute atomic E-state index is 0.00889. The molecule has 0 aromatic heterocycles. The Morgan fingerprint density at radius 2 is 1.35 bits per heavy atom. The smallest absolute Gasteiger partial charge is 0.322 e. The van der Waals surface area contributed by atoms with Crippen LogP contribution < -0.4 is 5.32 Å². The Morgan fingerprint density at radius 3 is 1.83 bits per heavy atom. The first-order valence-corrected chi connectivity index (χ1v) is 9.22. The largest absolute Gasteiger partial charge is 0.480 e. The molecule has 0 aliphatic carbocycles. The normalized spacial score (nSPS) is 12.1. The van der Waals surface area contributed by atoms with Gasteiger partial charge >= 0.3 is 5.97 Å². The van der Waals surface area contributed by atoms with E-state index in [0.29, 0.717) is 6.42 Å². The lowest BCUT2D eigenvalue weighted by molar-refractivity contribution is -0.138. The molecule has 1 amide bonds. The third-order valence-corrected chi connectivity index (χ3v) is 4.00. The van der Waals surface area contributed by atoms with Gasteiger partial charge in [0.25, 0.3) is 0 Å². The first kappa shape index (κ1) is 21.9. The number of rotatable bonds is 16. The molecule has 0 bridgehead atoms. The molecule has 3 N–H and O–H groups in total. The highest BCUT2D eigenvalue weighted by molar-refractivity contribution is 5.81. The Bertz CT molecular complexity index is 307. The third kappa shape index (κ3) is 17.1. The number of carbonyl (C=O) groups is 2. The number of aliphatic hydroxyl groups is 1. The number of unbranched alkanes of at least 4 members (excludes halogenated alkanes) is 10. The van der Waals surface area contributed by atoms with Crippen molar-refractivity contribution >= 4 is 11.9 Å². The Kier molecular flexibility index (Phi) is 15.0. The van der Waals surface area contributed by atoms with Crippen LogP contribution in [0.1, 0.15) is 90.4 Å². The van der Waals surface area contributed by atoms with E-state index in [4.69, 9.17) is 5.11 Å². The molecule has 0 aliphatic heterocycles. The van der Waals surface area contributed by atoms with Gasteiger partial charge in [0.2, 0.25) is 5.91 Å². The number of nitrogens with one attached hydrogen (secondary N) is 1. The minimum atomic E-state index is -1.07. The van der Waals surface area contributed by atoms with Gasteiger partial charge in [0.05, 0.1) is 12.5 Å². The summed E-state index contributed by atoms with van der Waals surface area (Å²) < 4.78 is 0. The van der Waals surface area contributed by atoms with E-state index in [9.17, 15) is 14.7 Å². The fraction of sp³-hybridized carbons (Fsp3) is 0.889. The average Bonchev–Trinajstić information content (AvgIpc) is 2.50. The Hall–Kier alpha value is -1.10. The van der Waals surface area contributed by atoms with Crippen LogP contribution in [-0.4, -0.2) is 34.7 Å². The van der Waals surface area contributed by atoms with Crippen LogP contribution in [0.2, 0.25) is 0 Å². The van der Waals surface area contributed by atoms with E-state index in [1.807, 2.05) is 0 Å². The topological polar surface area (TPSA) is 86.6 Å². The molecule has 23 heavy (non-hydrogen) atoms. The van der Waals surface area contributed by atoms with Crippen LogP contribution in [0.3, 0.4) is 0 Å². The highest BCUT2D eigenvalue weighted by atomic mass is 16.4. The van der Waals surface area contributed by atoms with E-state index in [1.54, 1.807) is 0 Å². The summed E-state index contributed by atoms with van der Waals surface area (Å²) in [7, 11) is 0. The number of hydrogen-bond donors (Lipinski definition) is 3. The summed E-state index contributed by atoms with van der Waals surface area (Å²) >= 11 is 0. The van der Waals surface area contributed by atoms with E-state index < -0.39 is 18.0 Å². The fourth-order valence-corrected chi connectivity index (χ4v) is 2.61. The van der Waals surface area contributed by atoms with Gasteiger partial charge in [0.15, 0.2) is 0 Å². The first-order chi connectivity index (χ1) is 11.1. The van der Waals surface area contributed by atoms with Crippen LogP contribution in [0.25, 0.3) is 0 Å². The molecule has 0 spiro atoms. The molecule has 0 aromatic carbocycles. The second-order valence-electron chi connectivity index (χ2n) is 6.35. The third-order valence-electron chi connectivity index (χ3n) is 4.00. The van der Waals surface area contributed by atoms with Crippen molar-refractivity contribution < 1.29 is 19.8 Å². The summed E-state index contributed by atoms with van der Waals surface area (Å²) in [6.07, 6.45) is 13.8. The van der Waals surface area contributed by atoms with Crippen LogP contribution in [0.15, 0.2) is 0 Å². The molecule has 0 saturated carbocycles. The predicted octanol–water partition coefficient (Wildman–Crippen LogP) is 3.64. The molecule has 136 valence electrons. The van der Waals surface area contributed by atoms with Gasteiger partial charge in [-0.2, -0.15) is 0 Å². The number of carboxylic acid groups (broad SMARTS) is 1. The molecule has 0 rings (SSSR count). The molecule has 0 saturated heterocycles. The van der Waals surface area contributed by atoms with Crippen LogP contribution >= 0.6 is 0 Å². The van der Waals surface area contributed by atoms with E-state index in [0.717, 1.165) is 12.8 Å². The molecule has 5 heteroatoms. The summed E-state index contributed by atoms with van der Waals surface area (Å²) in [6, 6.07) is 0. The highest BCUT2D eigenvalue weighted by Crippen LogP contribution is 2.13. The van der Waals surface area contributed by atoms with Crippen LogP contribution in [0.4, 0.5) is 0 Å². The lowest BCUT2D eigenvalue weighted by Crippen LogP contribution is -2.31. The van der Waals surface area contributed by atoms with Gasteiger partial charge < -0.3 is 15.5 Å². The fourth-order valence-electron chi connectivity index (χ4n) is 2.61. The van der Waals surface area contributed by atoms with Crippen LogP contribution in [0.5, 0.6) is 0 Å². The standard InChI is InChI=1S/C18H35NO4/c1-2-3-4-5-6-7-8-9-10-11-12-13-16(20)14-17(21)19-15-18(22)23/h16,20H,2-15H2,1H3,(H,19,21)(H,22,23)/t16-/m0/s1. The molecule has 0 unspecified atom stereocenters. The van der Waals surface area contributed by atoms with Crippen LogP contribution in [0, 0.1) is 0 Å². The zero-order valence-corrected chi connectivity index (χ0v) is 14.7. The number of carbonyl (C=O) groups excluding carboxylic acids is 1. The van der Waals surface area contributed by atoms with Gasteiger partial charge in [-0.1, -0.05) is 77.6 Å². The van der Waals surface area contributed by atoms with E-state index >= 15 is 0 Å². The lowest BCUT2D eigenvalue weighted by Gasteiger charge is -2.10. The molecule has 1 atom stereocenters. The molecule has 0 aromatic rings. The summed E-state index contributed by atoms with van der Waals surface area (Å²) in [6.45, 7) is 1.85. The number of hydrogen-bond acceptors (Lipinski definition) is 3. The number of aliphatic hydroxyl groups excluding tert-OH is 1. The monoisotopic (exact) mass is 329 g/mol. The van der Waals surface area contributed by atoms with Crippen molar-refractivity contribution in [2.75, 3.05) is 6.54 Å². The second kappa shape index (κ2) is 15.8. The van der Waals surface area contributed by atoms with Gasteiger partial charge in [-0.3, -0.25) is 9.59 Å². The van der Waals surface area contributed by atoms with Crippen LogP contribution in [-0.2, 0) is 9.59 Å². The maximum Gasteiger partial charge on any atom is 0.322 e. The molecule has 5 nitrogen and oxygen atoms in total. The molecule has 0 heterocycles. The van der Waals surface area contributed by atoms with Crippen molar-refractivity contribution in [3.63, 3.8) is 0 Å². The second-order valence-corrected chi connectivity index (χ2v) is 6.35. The maximum atomic E-state index is 11.3. The molecular formula is C18H35NO4. The first-order valence-electron chi connectivity index (χ1n) is 9.22.